The van der Waals surface area contributed by atoms with Crippen molar-refractivity contribution in [2.45, 2.75) is 19.3 Å². The van der Waals surface area contributed by atoms with Crippen molar-refractivity contribution < 1.29 is 9.18 Å². The van der Waals surface area contributed by atoms with Gasteiger partial charge in [0, 0.05) is 23.1 Å². The van der Waals surface area contributed by atoms with E-state index >= 15 is 0 Å². The van der Waals surface area contributed by atoms with Gasteiger partial charge in [-0.3, -0.25) is 9.78 Å². The van der Waals surface area contributed by atoms with Crippen LogP contribution >= 0.6 is 11.3 Å². The average Bonchev–Trinajstić information content (AvgIpc) is 2.82. The number of hydrogen-bond acceptors (Lipinski definition) is 3. The molecule has 0 bridgehead atoms. The molecule has 0 aliphatic heterocycles. The number of carbonyl (C=O) groups excluding carboxylic acids is 1. The van der Waals surface area contributed by atoms with Gasteiger partial charge in [0.05, 0.1) is 6.20 Å². The molecular weight excluding hydrogens is 237 g/mol. The van der Waals surface area contributed by atoms with Gasteiger partial charge in [0.15, 0.2) is 5.78 Å². The van der Waals surface area contributed by atoms with Gasteiger partial charge in [0.2, 0.25) is 0 Å². The van der Waals surface area contributed by atoms with Gasteiger partial charge in [-0.2, -0.15) is 0 Å². The van der Waals surface area contributed by atoms with E-state index in [1.165, 1.54) is 17.1 Å². The average molecular weight is 249 g/mol. The van der Waals surface area contributed by atoms with E-state index < -0.39 is 5.82 Å². The zero-order valence-electron chi connectivity index (χ0n) is 9.23. The van der Waals surface area contributed by atoms with Crippen molar-refractivity contribution in [3.05, 3.63) is 52.2 Å². The minimum absolute atomic E-state index is 0.0476. The van der Waals surface area contributed by atoms with Gasteiger partial charge >= 0.3 is 0 Å². The lowest BCUT2D eigenvalue weighted by molar-refractivity contribution is 0.0979. The first-order chi connectivity index (χ1) is 8.25. The number of Topliss-reactive ketones (excluding diaryl/α,β-unsaturated/α-hetero) is 1. The maximum atomic E-state index is 12.9. The summed E-state index contributed by atoms with van der Waals surface area (Å²) in [5.41, 5.74) is 0.358. The van der Waals surface area contributed by atoms with Crippen LogP contribution in [0, 0.1) is 5.82 Å². The van der Waals surface area contributed by atoms with E-state index in [1.807, 2.05) is 11.4 Å². The molecule has 2 aromatic heterocycles. The number of hydrogen-bond donors (Lipinski definition) is 0. The van der Waals surface area contributed by atoms with Crippen molar-refractivity contribution in [2.75, 3.05) is 0 Å². The first-order valence-electron chi connectivity index (χ1n) is 5.42. The second-order valence-electron chi connectivity index (χ2n) is 3.75. The summed E-state index contributed by atoms with van der Waals surface area (Å²) in [7, 11) is 0. The van der Waals surface area contributed by atoms with Gasteiger partial charge in [-0.25, -0.2) is 4.39 Å². The zero-order chi connectivity index (χ0) is 12.1. The number of aryl methyl sites for hydroxylation is 1. The van der Waals surface area contributed by atoms with E-state index in [0.717, 1.165) is 19.0 Å². The molecule has 0 fully saturated rings. The molecule has 17 heavy (non-hydrogen) atoms. The summed E-state index contributed by atoms with van der Waals surface area (Å²) in [6, 6.07) is 5.29. The number of pyridine rings is 1. The summed E-state index contributed by atoms with van der Waals surface area (Å²) in [4.78, 5) is 16.7. The van der Waals surface area contributed by atoms with Gasteiger partial charge in [0.25, 0.3) is 0 Å². The molecule has 0 radical (unpaired) electrons. The predicted octanol–water partition coefficient (Wildman–Crippen LogP) is 3.49. The second kappa shape index (κ2) is 5.68. The van der Waals surface area contributed by atoms with Crippen LogP contribution in [0.15, 0.2) is 36.0 Å². The second-order valence-corrected chi connectivity index (χ2v) is 4.78. The molecule has 0 aliphatic carbocycles. The van der Waals surface area contributed by atoms with Crippen LogP contribution < -0.4 is 0 Å². The molecule has 0 spiro atoms. The molecule has 0 saturated heterocycles. The smallest absolute Gasteiger partial charge is 0.164 e. The molecule has 0 saturated carbocycles. The molecule has 2 rings (SSSR count). The monoisotopic (exact) mass is 249 g/mol. The summed E-state index contributed by atoms with van der Waals surface area (Å²) in [6.45, 7) is 0. The van der Waals surface area contributed by atoms with E-state index in [9.17, 15) is 9.18 Å². The van der Waals surface area contributed by atoms with Crippen molar-refractivity contribution in [3.63, 3.8) is 0 Å². The van der Waals surface area contributed by atoms with Crippen molar-refractivity contribution in [2.24, 2.45) is 0 Å². The highest BCUT2D eigenvalue weighted by Gasteiger charge is 2.07. The van der Waals surface area contributed by atoms with Crippen molar-refractivity contribution in [3.8, 4) is 0 Å². The van der Waals surface area contributed by atoms with E-state index in [4.69, 9.17) is 0 Å². The first kappa shape index (κ1) is 11.9. The Bertz CT molecular complexity index is 496. The zero-order valence-corrected chi connectivity index (χ0v) is 10.0. The van der Waals surface area contributed by atoms with Crippen LogP contribution in [-0.2, 0) is 6.42 Å². The molecule has 0 N–H and O–H groups in total. The highest BCUT2D eigenvalue weighted by atomic mass is 32.1. The molecule has 4 heteroatoms. The first-order valence-corrected chi connectivity index (χ1v) is 6.30. The molecule has 88 valence electrons. The fourth-order valence-electron chi connectivity index (χ4n) is 1.59. The number of thiophene rings is 1. The summed E-state index contributed by atoms with van der Waals surface area (Å²) in [5, 5.41) is 2.02. The number of halogens is 1. The van der Waals surface area contributed by atoms with Crippen LogP contribution in [0.3, 0.4) is 0 Å². The SMILES string of the molecule is O=C(CCCc1cccs1)c1cncc(F)c1. The molecular formula is C13H12FNOS. The molecule has 0 unspecified atom stereocenters. The lowest BCUT2D eigenvalue weighted by Crippen LogP contribution is -2.01. The minimum Gasteiger partial charge on any atom is -0.294 e. The van der Waals surface area contributed by atoms with Gasteiger partial charge < -0.3 is 0 Å². The van der Waals surface area contributed by atoms with Crippen molar-refractivity contribution >= 4 is 17.1 Å². The quantitative estimate of drug-likeness (QED) is 0.759. The lowest BCUT2D eigenvalue weighted by atomic mass is 10.1. The standard InChI is InChI=1S/C13H12FNOS/c14-11-7-10(8-15-9-11)13(16)5-1-3-12-4-2-6-17-12/h2,4,6-9H,1,3,5H2. The Morgan fingerprint density at radius 2 is 2.29 bits per heavy atom. The molecule has 0 aromatic carbocycles. The number of carbonyl (C=O) groups is 1. The van der Waals surface area contributed by atoms with Crippen LogP contribution in [0.2, 0.25) is 0 Å². The summed E-state index contributed by atoms with van der Waals surface area (Å²) >= 11 is 1.69. The Labute approximate surface area is 103 Å². The van der Waals surface area contributed by atoms with Crippen LogP contribution in [-0.4, -0.2) is 10.8 Å². The molecule has 2 aromatic rings. The molecule has 0 atom stereocenters. The van der Waals surface area contributed by atoms with Crippen molar-refractivity contribution in [1.82, 2.24) is 4.98 Å². The predicted molar refractivity (Wildman–Crippen MR) is 65.8 cm³/mol. The number of aromatic nitrogens is 1. The largest absolute Gasteiger partial charge is 0.294 e. The van der Waals surface area contributed by atoms with Gasteiger partial charge in [-0.15, -0.1) is 11.3 Å². The maximum absolute atomic E-state index is 12.9. The van der Waals surface area contributed by atoms with Gasteiger partial charge in [-0.1, -0.05) is 6.07 Å². The van der Waals surface area contributed by atoms with Gasteiger partial charge in [-0.05, 0) is 30.4 Å². The number of rotatable bonds is 5. The Hall–Kier alpha value is -1.55. The highest BCUT2D eigenvalue weighted by Crippen LogP contribution is 2.13. The van der Waals surface area contributed by atoms with E-state index in [0.29, 0.717) is 12.0 Å². The molecule has 2 heterocycles. The normalized spacial score (nSPS) is 10.4. The van der Waals surface area contributed by atoms with Crippen LogP contribution in [0.5, 0.6) is 0 Å². The van der Waals surface area contributed by atoms with Gasteiger partial charge in [0.1, 0.15) is 5.82 Å². The molecule has 0 amide bonds. The third-order valence-corrected chi connectivity index (χ3v) is 3.37. The maximum Gasteiger partial charge on any atom is 0.164 e. The minimum atomic E-state index is -0.464. The highest BCUT2D eigenvalue weighted by molar-refractivity contribution is 7.09. The van der Waals surface area contributed by atoms with Crippen molar-refractivity contribution in [1.29, 1.82) is 0 Å². The third kappa shape index (κ3) is 3.46. The third-order valence-electron chi connectivity index (χ3n) is 2.43. The Morgan fingerprint density at radius 1 is 1.41 bits per heavy atom. The number of nitrogens with zero attached hydrogens (tertiary/aromatic N) is 1. The number of ketones is 1. The van der Waals surface area contributed by atoms with E-state index in [1.54, 1.807) is 11.3 Å². The Kier molecular flexibility index (Phi) is 3.98. The summed E-state index contributed by atoms with van der Waals surface area (Å²) in [5.74, 6) is -0.511. The topological polar surface area (TPSA) is 30.0 Å². The fraction of sp³-hybridized carbons (Fsp3) is 0.231. The fourth-order valence-corrected chi connectivity index (χ4v) is 2.34. The van der Waals surface area contributed by atoms with E-state index in [2.05, 4.69) is 11.1 Å². The van der Waals surface area contributed by atoms with Crippen LogP contribution in [0.25, 0.3) is 0 Å². The summed E-state index contributed by atoms with van der Waals surface area (Å²) < 4.78 is 12.9. The Morgan fingerprint density at radius 3 is 3.00 bits per heavy atom. The van der Waals surface area contributed by atoms with Crippen LogP contribution in [0.4, 0.5) is 4.39 Å². The van der Waals surface area contributed by atoms with Crippen LogP contribution in [0.1, 0.15) is 28.1 Å². The summed E-state index contributed by atoms with van der Waals surface area (Å²) in [6.07, 6.45) is 4.63. The Balaban J connectivity index is 1.85. The molecule has 0 aliphatic rings. The lowest BCUT2D eigenvalue weighted by Gasteiger charge is -2.00. The molecule has 2 nitrogen and oxygen atoms in total. The van der Waals surface area contributed by atoms with E-state index in [-0.39, 0.29) is 5.78 Å².